The van der Waals surface area contributed by atoms with Crippen molar-refractivity contribution in [2.75, 3.05) is 40.9 Å². The van der Waals surface area contributed by atoms with Crippen LogP contribution in [0.3, 0.4) is 0 Å². The molecule has 10 heteroatoms. The fourth-order valence-corrected chi connectivity index (χ4v) is 7.84. The van der Waals surface area contributed by atoms with E-state index < -0.39 is 20.0 Å². The van der Waals surface area contributed by atoms with E-state index in [0.717, 1.165) is 70.6 Å². The average molecular weight is 932 g/mol. The molecule has 0 fully saturated rings. The number of hydrogen-bond acceptors (Lipinski definition) is 6. The van der Waals surface area contributed by atoms with Crippen LogP contribution in [-0.4, -0.2) is 74.3 Å². The first-order valence-corrected chi connectivity index (χ1v) is 27.8. The number of rotatable bonds is 46. The van der Waals surface area contributed by atoms with Crippen molar-refractivity contribution < 1.29 is 37.3 Å². The van der Waals surface area contributed by atoms with Gasteiger partial charge in [0.2, 0.25) is 5.91 Å². The van der Waals surface area contributed by atoms with Gasteiger partial charge in [-0.15, -0.1) is 0 Å². The Labute approximate surface area is 400 Å². The molecule has 2 N–H and O–H groups in total. The standard InChI is InChI=1S/C55H99N2O7P/c1-7-10-13-16-19-22-25-27-28-30-33-36-39-42-45-48-55(59)64-53(46-43-40-37-34-31-24-21-18-15-12-9-3)52(51-63-65(60,61)62-50-49-57(4,5)6)56-54(58)47-44-41-38-35-32-29-26-23-20-17-14-11-8-2/h10,13,16,19,22,25,29,32,38,41,43,46,52-53H,7-9,11-12,14-15,17-18,20-21,23-24,26-28,30-31,33-37,39-40,42,44-45,47-51H2,1-6H3,(H-,56,58,60,61)/p+1/b13-10+,19-16+,25-22+,32-29-,41-38+,46-43+. The Morgan fingerprint density at radius 1 is 0.569 bits per heavy atom. The molecule has 0 rings (SSSR count). The number of unbranched alkanes of at least 4 members (excludes halogenated alkanes) is 22. The maximum atomic E-state index is 13.4. The molecule has 0 bridgehead atoms. The fraction of sp³-hybridized carbons (Fsp3) is 0.745. The van der Waals surface area contributed by atoms with E-state index >= 15 is 0 Å². The molecule has 9 nitrogen and oxygen atoms in total. The van der Waals surface area contributed by atoms with Gasteiger partial charge in [0.05, 0.1) is 33.8 Å². The molecule has 3 unspecified atom stereocenters. The van der Waals surface area contributed by atoms with Gasteiger partial charge in [0.15, 0.2) is 0 Å². The van der Waals surface area contributed by atoms with Gasteiger partial charge in [-0.3, -0.25) is 18.6 Å². The van der Waals surface area contributed by atoms with Crippen LogP contribution in [0.1, 0.15) is 213 Å². The number of quaternary nitrogens is 1. The number of nitrogens with zero attached hydrogens (tertiary/aromatic N) is 1. The van der Waals surface area contributed by atoms with Crippen LogP contribution in [-0.2, 0) is 27.9 Å². The third-order valence-electron chi connectivity index (χ3n) is 11.2. The number of allylic oxidation sites excluding steroid dienone is 11. The molecule has 0 radical (unpaired) electrons. The van der Waals surface area contributed by atoms with E-state index in [9.17, 15) is 19.0 Å². The second-order valence-corrected chi connectivity index (χ2v) is 20.2. The lowest BCUT2D eigenvalue weighted by Gasteiger charge is -2.27. The zero-order valence-electron chi connectivity index (χ0n) is 42.7. The predicted octanol–water partition coefficient (Wildman–Crippen LogP) is 15.3. The highest BCUT2D eigenvalue weighted by Crippen LogP contribution is 2.43. The van der Waals surface area contributed by atoms with Gasteiger partial charge in [-0.1, -0.05) is 203 Å². The van der Waals surface area contributed by atoms with Gasteiger partial charge in [0.25, 0.3) is 0 Å². The fourth-order valence-electron chi connectivity index (χ4n) is 7.11. The largest absolute Gasteiger partial charge is 0.472 e. The third-order valence-corrected chi connectivity index (χ3v) is 12.2. The summed E-state index contributed by atoms with van der Waals surface area (Å²) in [6.45, 7) is 6.79. The molecule has 0 aliphatic heterocycles. The average Bonchev–Trinajstić information content (AvgIpc) is 3.26. The van der Waals surface area contributed by atoms with Crippen molar-refractivity contribution >= 4 is 19.7 Å². The van der Waals surface area contributed by atoms with Crippen LogP contribution in [0.15, 0.2) is 72.9 Å². The first-order valence-electron chi connectivity index (χ1n) is 26.3. The number of ether oxygens (including phenoxy) is 1. The Balaban J connectivity index is 5.50. The van der Waals surface area contributed by atoms with Gasteiger partial charge in [0, 0.05) is 12.8 Å². The summed E-state index contributed by atoms with van der Waals surface area (Å²) in [7, 11) is 1.45. The molecule has 376 valence electrons. The zero-order valence-corrected chi connectivity index (χ0v) is 43.6. The lowest BCUT2D eigenvalue weighted by atomic mass is 10.1. The van der Waals surface area contributed by atoms with Gasteiger partial charge < -0.3 is 19.4 Å². The number of phosphoric acid groups is 1. The van der Waals surface area contributed by atoms with Gasteiger partial charge >= 0.3 is 13.8 Å². The Morgan fingerprint density at radius 2 is 1.06 bits per heavy atom. The van der Waals surface area contributed by atoms with Crippen molar-refractivity contribution in [1.82, 2.24) is 5.32 Å². The third kappa shape index (κ3) is 46.4. The number of carbonyl (C=O) groups is 2. The van der Waals surface area contributed by atoms with Crippen molar-refractivity contribution in [2.45, 2.75) is 226 Å². The van der Waals surface area contributed by atoms with Crippen LogP contribution in [0.4, 0.5) is 0 Å². The van der Waals surface area contributed by atoms with E-state index in [0.29, 0.717) is 17.4 Å². The van der Waals surface area contributed by atoms with Crippen molar-refractivity contribution in [3.63, 3.8) is 0 Å². The molecule has 0 saturated heterocycles. The van der Waals surface area contributed by atoms with E-state index in [4.69, 9.17) is 13.8 Å². The molecular weight excluding hydrogens is 832 g/mol. The number of carbonyl (C=O) groups excluding carboxylic acids is 2. The second-order valence-electron chi connectivity index (χ2n) is 18.7. The van der Waals surface area contributed by atoms with Crippen LogP contribution in [0.5, 0.6) is 0 Å². The van der Waals surface area contributed by atoms with Gasteiger partial charge in [-0.25, -0.2) is 4.57 Å². The van der Waals surface area contributed by atoms with E-state index in [1.54, 1.807) is 0 Å². The van der Waals surface area contributed by atoms with Crippen LogP contribution < -0.4 is 5.32 Å². The SMILES string of the molecule is CC/C=C/C=C/C=C/CCCCCCCCCC(=O)OC(/C=C/CCCCCCCCCCC)C(COP(=O)(O)OCC[N+](C)(C)C)NC(=O)CC/C=C/C/C=C\CCCCCCCC. The normalized spacial score (nSPS) is 14.5. The Hall–Kier alpha value is -2.55. The molecule has 1 amide bonds. The van der Waals surface area contributed by atoms with E-state index in [1.165, 1.54) is 103 Å². The van der Waals surface area contributed by atoms with Crippen molar-refractivity contribution in [2.24, 2.45) is 0 Å². The minimum absolute atomic E-state index is 0.0263. The minimum atomic E-state index is -4.46. The zero-order chi connectivity index (χ0) is 48.0. The van der Waals surface area contributed by atoms with Gasteiger partial charge in [-0.05, 0) is 70.3 Å². The summed E-state index contributed by atoms with van der Waals surface area (Å²) in [4.78, 5) is 37.4. The highest BCUT2D eigenvalue weighted by atomic mass is 31.2. The summed E-state index contributed by atoms with van der Waals surface area (Å²) in [6, 6.07) is -0.883. The van der Waals surface area contributed by atoms with Crippen LogP contribution >= 0.6 is 7.82 Å². The summed E-state index contributed by atoms with van der Waals surface area (Å²) in [6.07, 6.45) is 56.3. The first kappa shape index (κ1) is 62.4. The van der Waals surface area contributed by atoms with E-state index in [2.05, 4.69) is 80.8 Å². The van der Waals surface area contributed by atoms with Gasteiger partial charge in [0.1, 0.15) is 19.3 Å². The maximum absolute atomic E-state index is 13.4. The topological polar surface area (TPSA) is 111 Å². The molecule has 0 aliphatic carbocycles. The molecule has 0 saturated carbocycles. The Kier molecular flexibility index (Phi) is 43.5. The molecular formula is C55H100N2O7P+. The molecule has 0 aromatic rings. The highest BCUT2D eigenvalue weighted by Gasteiger charge is 2.30. The quantitative estimate of drug-likeness (QED) is 0.0156. The molecule has 0 aromatic heterocycles. The molecule has 0 aromatic carbocycles. The number of esters is 1. The maximum Gasteiger partial charge on any atom is 0.472 e. The predicted molar refractivity (Wildman–Crippen MR) is 277 cm³/mol. The number of nitrogens with one attached hydrogen (secondary N) is 1. The summed E-state index contributed by atoms with van der Waals surface area (Å²) < 4.78 is 30.4. The number of phosphoric ester groups is 1. The number of likely N-dealkylation sites (N-methyl/N-ethyl adjacent to an activating group) is 1. The molecule has 0 spiro atoms. The molecule has 65 heavy (non-hydrogen) atoms. The molecule has 0 heterocycles. The number of hydrogen-bond donors (Lipinski definition) is 2. The van der Waals surface area contributed by atoms with Crippen molar-refractivity contribution in [1.29, 1.82) is 0 Å². The van der Waals surface area contributed by atoms with Gasteiger partial charge in [-0.2, -0.15) is 0 Å². The highest BCUT2D eigenvalue weighted by molar-refractivity contribution is 7.47. The minimum Gasteiger partial charge on any atom is -0.456 e. The van der Waals surface area contributed by atoms with E-state index in [-0.39, 0.29) is 37.9 Å². The summed E-state index contributed by atoms with van der Waals surface area (Å²) in [5.41, 5.74) is 0. The van der Waals surface area contributed by atoms with Crippen LogP contribution in [0.2, 0.25) is 0 Å². The van der Waals surface area contributed by atoms with Crippen molar-refractivity contribution in [3.05, 3.63) is 72.9 Å². The summed E-state index contributed by atoms with van der Waals surface area (Å²) in [5.74, 6) is -0.603. The van der Waals surface area contributed by atoms with E-state index in [1.807, 2.05) is 39.4 Å². The summed E-state index contributed by atoms with van der Waals surface area (Å²) in [5, 5.41) is 2.99. The molecule has 3 atom stereocenters. The summed E-state index contributed by atoms with van der Waals surface area (Å²) >= 11 is 0. The first-order chi connectivity index (χ1) is 31.4. The lowest BCUT2D eigenvalue weighted by Crippen LogP contribution is -2.47. The van der Waals surface area contributed by atoms with Crippen LogP contribution in [0.25, 0.3) is 0 Å². The number of amides is 1. The smallest absolute Gasteiger partial charge is 0.456 e. The lowest BCUT2D eigenvalue weighted by molar-refractivity contribution is -0.870. The second kappa shape index (κ2) is 45.2. The molecule has 0 aliphatic rings. The Morgan fingerprint density at radius 3 is 1.62 bits per heavy atom. The van der Waals surface area contributed by atoms with Crippen molar-refractivity contribution in [3.8, 4) is 0 Å². The Bertz CT molecular complexity index is 1350. The van der Waals surface area contributed by atoms with Crippen LogP contribution in [0, 0.1) is 0 Å². The monoisotopic (exact) mass is 932 g/mol.